The Hall–Kier alpha value is -1.84. The van der Waals surface area contributed by atoms with Crippen molar-refractivity contribution in [2.45, 2.75) is 40.0 Å². The number of anilines is 1. The van der Waals surface area contributed by atoms with E-state index in [0.29, 0.717) is 5.82 Å². The number of furan rings is 1. The van der Waals surface area contributed by atoms with Gasteiger partial charge in [0, 0.05) is 24.7 Å². The lowest BCUT2D eigenvalue weighted by atomic mass is 10.3. The summed E-state index contributed by atoms with van der Waals surface area (Å²) in [5, 5.41) is 3.31. The lowest BCUT2D eigenvalue weighted by molar-refractivity contribution is 0.525. The summed E-state index contributed by atoms with van der Waals surface area (Å²) >= 11 is 0. The number of nitrogens with one attached hydrogen (secondary N) is 1. The number of hydrogen-bond donors (Lipinski definition) is 1. The van der Waals surface area contributed by atoms with E-state index < -0.39 is 0 Å². The minimum atomic E-state index is 0.664. The van der Waals surface area contributed by atoms with Crippen LogP contribution in [0.25, 0.3) is 11.6 Å². The molecule has 0 atom stereocenters. The zero-order chi connectivity index (χ0) is 13.7. The van der Waals surface area contributed by atoms with Crippen molar-refractivity contribution in [3.8, 4) is 11.6 Å². The first-order chi connectivity index (χ1) is 9.26. The molecule has 0 spiro atoms. The van der Waals surface area contributed by atoms with Crippen LogP contribution in [0.1, 0.15) is 38.6 Å². The van der Waals surface area contributed by atoms with Crippen molar-refractivity contribution in [3.63, 3.8) is 0 Å². The average molecular weight is 259 g/mol. The van der Waals surface area contributed by atoms with Gasteiger partial charge in [-0.2, -0.15) is 0 Å². The molecule has 0 fully saturated rings. The van der Waals surface area contributed by atoms with Crippen LogP contribution in [0.2, 0.25) is 0 Å². The van der Waals surface area contributed by atoms with Gasteiger partial charge in [0.2, 0.25) is 0 Å². The van der Waals surface area contributed by atoms with Crippen LogP contribution < -0.4 is 5.32 Å². The summed E-state index contributed by atoms with van der Waals surface area (Å²) in [5.41, 5.74) is 1.03. The van der Waals surface area contributed by atoms with Crippen molar-refractivity contribution in [3.05, 3.63) is 29.7 Å². The minimum absolute atomic E-state index is 0.664. The molecule has 0 aliphatic carbocycles. The van der Waals surface area contributed by atoms with Gasteiger partial charge >= 0.3 is 0 Å². The van der Waals surface area contributed by atoms with Gasteiger partial charge in [-0.25, -0.2) is 9.97 Å². The topological polar surface area (TPSA) is 51.0 Å². The van der Waals surface area contributed by atoms with Gasteiger partial charge in [0.15, 0.2) is 11.6 Å². The largest absolute Gasteiger partial charge is 0.458 e. The first kappa shape index (κ1) is 13.6. The zero-order valence-corrected chi connectivity index (χ0v) is 11.9. The van der Waals surface area contributed by atoms with Gasteiger partial charge in [-0.3, -0.25) is 0 Å². The van der Waals surface area contributed by atoms with Gasteiger partial charge in [0.05, 0.1) is 0 Å². The molecular weight excluding hydrogens is 238 g/mol. The van der Waals surface area contributed by atoms with Gasteiger partial charge in [0.25, 0.3) is 0 Å². The van der Waals surface area contributed by atoms with Crippen molar-refractivity contribution >= 4 is 5.82 Å². The summed E-state index contributed by atoms with van der Waals surface area (Å²) in [6, 6.07) is 5.93. The maximum atomic E-state index is 5.73. The van der Waals surface area contributed by atoms with E-state index in [9.17, 15) is 0 Å². The second kappa shape index (κ2) is 6.36. The summed E-state index contributed by atoms with van der Waals surface area (Å²) in [7, 11) is 0. The summed E-state index contributed by atoms with van der Waals surface area (Å²) in [5.74, 6) is 3.24. The normalized spacial score (nSPS) is 10.7. The highest BCUT2D eigenvalue weighted by Gasteiger charge is 2.10. The molecule has 0 saturated heterocycles. The van der Waals surface area contributed by atoms with Crippen LogP contribution in [0.15, 0.2) is 22.6 Å². The maximum absolute atomic E-state index is 5.73. The molecule has 0 aromatic carbocycles. The van der Waals surface area contributed by atoms with Crippen molar-refractivity contribution in [2.75, 3.05) is 11.9 Å². The van der Waals surface area contributed by atoms with Crippen molar-refractivity contribution in [2.24, 2.45) is 0 Å². The molecule has 0 bridgehead atoms. The minimum Gasteiger partial charge on any atom is -0.458 e. The standard InChI is InChI=1S/C15H21N3O/c1-4-9-16-14-10-11(5-2)17-15(18-14)13-8-7-12(6-3)19-13/h7-8,10H,4-6,9H2,1-3H3,(H,16,17,18). The fraction of sp³-hybridized carbons (Fsp3) is 0.467. The van der Waals surface area contributed by atoms with E-state index in [0.717, 1.165) is 48.8 Å². The fourth-order valence-electron chi connectivity index (χ4n) is 1.82. The quantitative estimate of drug-likeness (QED) is 0.859. The van der Waals surface area contributed by atoms with E-state index in [1.807, 2.05) is 18.2 Å². The van der Waals surface area contributed by atoms with Gasteiger partial charge < -0.3 is 9.73 Å². The second-order valence-electron chi connectivity index (χ2n) is 4.47. The van der Waals surface area contributed by atoms with Crippen molar-refractivity contribution in [1.82, 2.24) is 9.97 Å². The van der Waals surface area contributed by atoms with E-state index in [4.69, 9.17) is 4.42 Å². The van der Waals surface area contributed by atoms with E-state index in [2.05, 4.69) is 36.1 Å². The van der Waals surface area contributed by atoms with Gasteiger partial charge in [-0.15, -0.1) is 0 Å². The molecule has 0 saturated carbocycles. The third-order valence-electron chi connectivity index (χ3n) is 2.93. The highest BCUT2D eigenvalue weighted by atomic mass is 16.3. The van der Waals surface area contributed by atoms with Crippen molar-refractivity contribution < 1.29 is 4.42 Å². The Morgan fingerprint density at radius 2 is 1.95 bits per heavy atom. The fourth-order valence-corrected chi connectivity index (χ4v) is 1.82. The Labute approximate surface area is 114 Å². The molecule has 2 aromatic heterocycles. The SMILES string of the molecule is CCCNc1cc(CC)nc(-c2ccc(CC)o2)n1. The van der Waals surface area contributed by atoms with Crippen LogP contribution in [-0.4, -0.2) is 16.5 Å². The van der Waals surface area contributed by atoms with E-state index in [1.54, 1.807) is 0 Å². The molecule has 2 rings (SSSR count). The molecule has 19 heavy (non-hydrogen) atoms. The summed E-state index contributed by atoms with van der Waals surface area (Å²) < 4.78 is 5.73. The molecule has 0 aliphatic heterocycles. The summed E-state index contributed by atoms with van der Waals surface area (Å²) in [6.45, 7) is 7.21. The predicted molar refractivity (Wildman–Crippen MR) is 77.3 cm³/mol. The highest BCUT2D eigenvalue weighted by molar-refractivity contribution is 5.52. The molecule has 2 aromatic rings. The van der Waals surface area contributed by atoms with Crippen LogP contribution in [0, 0.1) is 0 Å². The van der Waals surface area contributed by atoms with E-state index in [1.165, 1.54) is 0 Å². The number of nitrogens with zero attached hydrogens (tertiary/aromatic N) is 2. The van der Waals surface area contributed by atoms with Gasteiger partial charge in [0.1, 0.15) is 11.6 Å². The average Bonchev–Trinajstić information content (AvgIpc) is 2.93. The maximum Gasteiger partial charge on any atom is 0.197 e. The third-order valence-corrected chi connectivity index (χ3v) is 2.93. The molecule has 1 N–H and O–H groups in total. The van der Waals surface area contributed by atoms with Crippen LogP contribution in [0.4, 0.5) is 5.82 Å². The molecule has 0 radical (unpaired) electrons. The predicted octanol–water partition coefficient (Wildman–Crippen LogP) is 3.68. The number of hydrogen-bond acceptors (Lipinski definition) is 4. The van der Waals surface area contributed by atoms with Crippen LogP contribution in [0.3, 0.4) is 0 Å². The van der Waals surface area contributed by atoms with Crippen LogP contribution >= 0.6 is 0 Å². The van der Waals surface area contributed by atoms with Gasteiger partial charge in [-0.1, -0.05) is 20.8 Å². The molecule has 0 amide bonds. The lowest BCUT2D eigenvalue weighted by Crippen LogP contribution is -2.05. The monoisotopic (exact) mass is 259 g/mol. The Kier molecular flexibility index (Phi) is 4.55. The molecular formula is C15H21N3O. The smallest absolute Gasteiger partial charge is 0.197 e. The number of rotatable bonds is 6. The molecule has 4 heteroatoms. The first-order valence-corrected chi connectivity index (χ1v) is 6.97. The Bertz CT molecular complexity index is 534. The Morgan fingerprint density at radius 1 is 1.11 bits per heavy atom. The molecule has 2 heterocycles. The first-order valence-electron chi connectivity index (χ1n) is 6.97. The molecule has 0 unspecified atom stereocenters. The highest BCUT2D eigenvalue weighted by Crippen LogP contribution is 2.21. The molecule has 0 aliphatic rings. The molecule has 102 valence electrons. The second-order valence-corrected chi connectivity index (χ2v) is 4.47. The van der Waals surface area contributed by atoms with Crippen LogP contribution in [0.5, 0.6) is 0 Å². The Balaban J connectivity index is 2.32. The summed E-state index contributed by atoms with van der Waals surface area (Å²) in [6.07, 6.45) is 2.84. The Morgan fingerprint density at radius 3 is 2.58 bits per heavy atom. The van der Waals surface area contributed by atoms with Crippen molar-refractivity contribution in [1.29, 1.82) is 0 Å². The van der Waals surface area contributed by atoms with E-state index in [-0.39, 0.29) is 0 Å². The molecule has 4 nitrogen and oxygen atoms in total. The lowest BCUT2D eigenvalue weighted by Gasteiger charge is -2.07. The zero-order valence-electron chi connectivity index (χ0n) is 11.9. The van der Waals surface area contributed by atoms with Gasteiger partial charge in [-0.05, 0) is 25.0 Å². The van der Waals surface area contributed by atoms with Crippen LogP contribution in [-0.2, 0) is 12.8 Å². The number of aryl methyl sites for hydroxylation is 2. The number of aromatic nitrogens is 2. The van der Waals surface area contributed by atoms with E-state index >= 15 is 0 Å². The third kappa shape index (κ3) is 3.34. The summed E-state index contributed by atoms with van der Waals surface area (Å²) in [4.78, 5) is 9.05.